The maximum Gasteiger partial charge on any atom is 0.257 e. The first-order chi connectivity index (χ1) is 11.7. The van der Waals surface area contributed by atoms with Crippen molar-refractivity contribution in [3.63, 3.8) is 0 Å². The third-order valence-corrected chi connectivity index (χ3v) is 4.67. The van der Waals surface area contributed by atoms with E-state index in [9.17, 15) is 4.79 Å². The van der Waals surface area contributed by atoms with Crippen molar-refractivity contribution in [2.75, 3.05) is 5.32 Å². The van der Waals surface area contributed by atoms with E-state index >= 15 is 0 Å². The Morgan fingerprint density at radius 1 is 1.21 bits per heavy atom. The number of carbonyl (C=O) groups excluding carboxylic acids is 1. The van der Waals surface area contributed by atoms with Gasteiger partial charge in [0.25, 0.3) is 5.91 Å². The Kier molecular flexibility index (Phi) is 3.76. The number of nitrogens with one attached hydrogen (secondary N) is 1. The summed E-state index contributed by atoms with van der Waals surface area (Å²) in [6.07, 6.45) is 6.46. The molecule has 1 aliphatic carbocycles. The number of hydrogen-bond acceptors (Lipinski definition) is 3. The van der Waals surface area contributed by atoms with Crippen molar-refractivity contribution in [1.29, 1.82) is 0 Å². The molecule has 1 fully saturated rings. The second-order valence-corrected chi connectivity index (χ2v) is 6.38. The van der Waals surface area contributed by atoms with E-state index in [0.29, 0.717) is 11.6 Å². The number of anilines is 1. The van der Waals surface area contributed by atoms with Gasteiger partial charge in [0, 0.05) is 17.1 Å². The Labute approximate surface area is 140 Å². The first-order valence-electron chi connectivity index (χ1n) is 8.43. The standard InChI is InChI=1S/C19H20N4O/c1-13-12-16(15-8-4-5-9-17(15)21-13)19(24)22-18-10-11-20-23(18)14-6-2-3-7-14/h4-5,8-12,14H,2-3,6-7H2,1H3,(H,22,24). The van der Waals surface area contributed by atoms with Crippen LogP contribution in [-0.2, 0) is 0 Å². The van der Waals surface area contributed by atoms with Gasteiger partial charge in [-0.1, -0.05) is 31.0 Å². The van der Waals surface area contributed by atoms with E-state index in [-0.39, 0.29) is 5.91 Å². The summed E-state index contributed by atoms with van der Waals surface area (Å²) >= 11 is 0. The number of carbonyl (C=O) groups is 1. The van der Waals surface area contributed by atoms with Crippen LogP contribution in [-0.4, -0.2) is 20.7 Å². The summed E-state index contributed by atoms with van der Waals surface area (Å²) in [6.45, 7) is 1.91. The minimum atomic E-state index is -0.114. The van der Waals surface area contributed by atoms with Crippen LogP contribution in [0.1, 0.15) is 47.8 Å². The second kappa shape index (κ2) is 6.07. The first-order valence-corrected chi connectivity index (χ1v) is 8.43. The number of benzene rings is 1. The summed E-state index contributed by atoms with van der Waals surface area (Å²) in [5.74, 6) is 0.655. The van der Waals surface area contributed by atoms with E-state index < -0.39 is 0 Å². The fraction of sp³-hybridized carbons (Fsp3) is 0.316. The van der Waals surface area contributed by atoms with E-state index in [1.165, 1.54) is 12.8 Å². The molecule has 2 aromatic heterocycles. The third-order valence-electron chi connectivity index (χ3n) is 4.67. The van der Waals surface area contributed by atoms with Crippen LogP contribution in [0.2, 0.25) is 0 Å². The Balaban J connectivity index is 1.67. The highest BCUT2D eigenvalue weighted by Crippen LogP contribution is 2.31. The molecule has 0 atom stereocenters. The minimum absolute atomic E-state index is 0.114. The van der Waals surface area contributed by atoms with Gasteiger partial charge in [-0.2, -0.15) is 5.10 Å². The molecule has 0 spiro atoms. The van der Waals surface area contributed by atoms with Crippen molar-refractivity contribution >= 4 is 22.6 Å². The van der Waals surface area contributed by atoms with Gasteiger partial charge in [0.15, 0.2) is 0 Å². The fourth-order valence-corrected chi connectivity index (χ4v) is 3.53. The Morgan fingerprint density at radius 3 is 2.83 bits per heavy atom. The smallest absolute Gasteiger partial charge is 0.257 e. The number of amides is 1. The fourth-order valence-electron chi connectivity index (χ4n) is 3.53. The minimum Gasteiger partial charge on any atom is -0.307 e. The number of hydrogen-bond donors (Lipinski definition) is 1. The maximum absolute atomic E-state index is 12.9. The zero-order chi connectivity index (χ0) is 16.5. The van der Waals surface area contributed by atoms with E-state index in [4.69, 9.17) is 0 Å². The molecule has 1 N–H and O–H groups in total. The van der Waals surface area contributed by atoms with Crippen LogP contribution < -0.4 is 5.32 Å². The largest absolute Gasteiger partial charge is 0.307 e. The topological polar surface area (TPSA) is 59.8 Å². The summed E-state index contributed by atoms with van der Waals surface area (Å²) < 4.78 is 1.96. The Hall–Kier alpha value is -2.69. The van der Waals surface area contributed by atoms with Gasteiger partial charge < -0.3 is 5.32 Å². The molecule has 122 valence electrons. The lowest BCUT2D eigenvalue weighted by atomic mass is 10.1. The van der Waals surface area contributed by atoms with Crippen molar-refractivity contribution in [3.8, 4) is 0 Å². The average Bonchev–Trinajstić information content (AvgIpc) is 3.25. The number of pyridine rings is 1. The number of fused-ring (bicyclic) bond motifs is 1. The van der Waals surface area contributed by atoms with Crippen molar-refractivity contribution in [1.82, 2.24) is 14.8 Å². The van der Waals surface area contributed by atoms with E-state index in [1.54, 1.807) is 6.20 Å². The summed E-state index contributed by atoms with van der Waals surface area (Å²) in [6, 6.07) is 11.8. The van der Waals surface area contributed by atoms with Crippen molar-refractivity contribution in [3.05, 3.63) is 53.9 Å². The molecule has 24 heavy (non-hydrogen) atoms. The third kappa shape index (κ3) is 2.66. The molecule has 1 aromatic carbocycles. The van der Waals surface area contributed by atoms with Crippen LogP contribution in [0.5, 0.6) is 0 Å². The number of rotatable bonds is 3. The average molecular weight is 320 g/mol. The molecule has 0 aliphatic heterocycles. The molecule has 0 saturated heterocycles. The summed E-state index contributed by atoms with van der Waals surface area (Å²) in [4.78, 5) is 17.4. The number of nitrogens with zero attached hydrogens (tertiary/aromatic N) is 3. The molecule has 1 amide bonds. The zero-order valence-corrected chi connectivity index (χ0v) is 13.7. The number of aromatic nitrogens is 3. The van der Waals surface area contributed by atoms with Gasteiger partial charge in [0.05, 0.1) is 23.3 Å². The van der Waals surface area contributed by atoms with E-state index in [2.05, 4.69) is 15.4 Å². The van der Waals surface area contributed by atoms with E-state index in [0.717, 1.165) is 35.3 Å². The quantitative estimate of drug-likeness (QED) is 0.790. The molecule has 5 heteroatoms. The van der Waals surface area contributed by atoms with Crippen molar-refractivity contribution in [2.24, 2.45) is 0 Å². The van der Waals surface area contributed by atoms with Gasteiger partial charge in [0.2, 0.25) is 0 Å². The monoisotopic (exact) mass is 320 g/mol. The molecule has 3 aromatic rings. The van der Waals surface area contributed by atoms with Crippen LogP contribution in [0.3, 0.4) is 0 Å². The van der Waals surface area contributed by atoms with Gasteiger partial charge in [-0.05, 0) is 31.9 Å². The van der Waals surface area contributed by atoms with Crippen LogP contribution in [0, 0.1) is 6.92 Å². The van der Waals surface area contributed by atoms with Gasteiger partial charge in [-0.25, -0.2) is 4.68 Å². The molecule has 2 heterocycles. The lowest BCUT2D eigenvalue weighted by Crippen LogP contribution is -2.18. The molecular weight excluding hydrogens is 300 g/mol. The molecule has 4 rings (SSSR count). The highest BCUT2D eigenvalue weighted by atomic mass is 16.1. The van der Waals surface area contributed by atoms with E-state index in [1.807, 2.05) is 48.0 Å². The predicted octanol–water partition coefficient (Wildman–Crippen LogP) is 4.11. The number of aryl methyl sites for hydroxylation is 1. The molecule has 0 bridgehead atoms. The molecular formula is C19H20N4O. The molecule has 1 saturated carbocycles. The van der Waals surface area contributed by atoms with Gasteiger partial charge >= 0.3 is 0 Å². The van der Waals surface area contributed by atoms with Gasteiger partial charge in [0.1, 0.15) is 5.82 Å². The van der Waals surface area contributed by atoms with Gasteiger partial charge in [-0.15, -0.1) is 0 Å². The molecule has 0 radical (unpaired) electrons. The summed E-state index contributed by atoms with van der Waals surface area (Å²) in [5, 5.41) is 8.32. The highest BCUT2D eigenvalue weighted by Gasteiger charge is 2.21. The SMILES string of the molecule is Cc1cc(C(=O)Nc2ccnn2C2CCCC2)c2ccccc2n1. The molecule has 5 nitrogen and oxygen atoms in total. The molecule has 1 aliphatic rings. The Morgan fingerprint density at radius 2 is 2.00 bits per heavy atom. The highest BCUT2D eigenvalue weighted by molar-refractivity contribution is 6.12. The lowest BCUT2D eigenvalue weighted by molar-refractivity contribution is 0.102. The van der Waals surface area contributed by atoms with Crippen LogP contribution in [0.4, 0.5) is 5.82 Å². The Bertz CT molecular complexity index is 893. The second-order valence-electron chi connectivity index (χ2n) is 6.38. The zero-order valence-electron chi connectivity index (χ0n) is 13.7. The van der Waals surface area contributed by atoms with Crippen LogP contribution in [0.25, 0.3) is 10.9 Å². The first kappa shape index (κ1) is 14.9. The lowest BCUT2D eigenvalue weighted by Gasteiger charge is -2.15. The maximum atomic E-state index is 12.9. The van der Waals surface area contributed by atoms with Crippen LogP contribution in [0.15, 0.2) is 42.6 Å². The van der Waals surface area contributed by atoms with Gasteiger partial charge in [-0.3, -0.25) is 9.78 Å². The predicted molar refractivity (Wildman–Crippen MR) is 94.2 cm³/mol. The summed E-state index contributed by atoms with van der Waals surface area (Å²) in [7, 11) is 0. The van der Waals surface area contributed by atoms with Crippen molar-refractivity contribution in [2.45, 2.75) is 38.6 Å². The number of para-hydroxylation sites is 1. The van der Waals surface area contributed by atoms with Crippen LogP contribution >= 0.6 is 0 Å². The molecule has 0 unspecified atom stereocenters. The normalized spacial score (nSPS) is 15.0. The summed E-state index contributed by atoms with van der Waals surface area (Å²) in [5.41, 5.74) is 2.33. The van der Waals surface area contributed by atoms with Crippen molar-refractivity contribution < 1.29 is 4.79 Å².